The Bertz CT molecular complexity index is 607. The van der Waals surface area contributed by atoms with Crippen molar-refractivity contribution in [3.8, 4) is 11.4 Å². The Hall–Kier alpha value is -0.310. The molecule has 0 saturated carbocycles. The molecule has 3 nitrogen and oxygen atoms in total. The normalized spacial score (nSPS) is 10.8. The van der Waals surface area contributed by atoms with E-state index in [1.807, 2.05) is 0 Å². The first-order valence-corrected chi connectivity index (χ1v) is 7.43. The number of benzene rings is 1. The zero-order valence-corrected chi connectivity index (χ0v) is 14.3. The lowest BCUT2D eigenvalue weighted by molar-refractivity contribution is 0.181. The zero-order chi connectivity index (χ0) is 14.0. The van der Waals surface area contributed by atoms with Crippen LogP contribution in [0.2, 0.25) is 5.15 Å². The van der Waals surface area contributed by atoms with Gasteiger partial charge in [0.25, 0.3) is 0 Å². The van der Waals surface area contributed by atoms with E-state index in [0.29, 0.717) is 33.3 Å². The third-order valence-electron chi connectivity index (χ3n) is 2.28. The molecule has 0 aliphatic rings. The second kappa shape index (κ2) is 6.43. The van der Waals surface area contributed by atoms with Gasteiger partial charge in [-0.25, -0.2) is 14.4 Å². The predicted molar refractivity (Wildman–Crippen MR) is 83.6 cm³/mol. The number of hydrogen-bond donors (Lipinski definition) is 0. The number of halogens is 4. The number of aromatic nitrogens is 2. The van der Waals surface area contributed by atoms with E-state index in [0.717, 1.165) is 3.57 Å². The summed E-state index contributed by atoms with van der Waals surface area (Å²) in [5.41, 5.74) is 1.24. The Balaban J connectivity index is 2.55. The minimum absolute atomic E-state index is 0.323. The molecule has 19 heavy (non-hydrogen) atoms. The number of rotatable bonds is 3. The van der Waals surface area contributed by atoms with E-state index in [2.05, 4.69) is 48.5 Å². The van der Waals surface area contributed by atoms with Crippen LogP contribution in [0.4, 0.5) is 4.39 Å². The largest absolute Gasteiger partial charge is 0.378 e. The molecule has 0 aliphatic carbocycles. The first-order valence-electron chi connectivity index (χ1n) is 5.18. The van der Waals surface area contributed by atoms with Crippen LogP contribution in [0.1, 0.15) is 5.69 Å². The van der Waals surface area contributed by atoms with E-state index >= 15 is 0 Å². The minimum Gasteiger partial charge on any atom is -0.378 e. The highest BCUT2D eigenvalue weighted by atomic mass is 127. The van der Waals surface area contributed by atoms with Gasteiger partial charge in [-0.15, -0.1) is 0 Å². The van der Waals surface area contributed by atoms with Crippen LogP contribution < -0.4 is 0 Å². The highest BCUT2D eigenvalue weighted by Crippen LogP contribution is 2.26. The highest BCUT2D eigenvalue weighted by molar-refractivity contribution is 14.1. The highest BCUT2D eigenvalue weighted by Gasteiger charge is 2.13. The summed E-state index contributed by atoms with van der Waals surface area (Å²) in [6.45, 7) is 0.323. The van der Waals surface area contributed by atoms with Crippen molar-refractivity contribution in [2.45, 2.75) is 6.61 Å². The molecule has 7 heteroatoms. The Morgan fingerprint density at radius 3 is 2.74 bits per heavy atom. The SMILES string of the molecule is COCc1nc(-c2cc(F)cc(Br)c2)nc(Cl)c1I. The third kappa shape index (κ3) is 3.62. The van der Waals surface area contributed by atoms with Crippen LogP contribution in [0.5, 0.6) is 0 Å². The van der Waals surface area contributed by atoms with Gasteiger partial charge in [0.15, 0.2) is 5.82 Å². The molecule has 0 radical (unpaired) electrons. The van der Waals surface area contributed by atoms with Crippen LogP contribution in [-0.2, 0) is 11.3 Å². The fourth-order valence-electron chi connectivity index (χ4n) is 1.51. The van der Waals surface area contributed by atoms with E-state index in [-0.39, 0.29) is 5.82 Å². The van der Waals surface area contributed by atoms with E-state index < -0.39 is 0 Å². The van der Waals surface area contributed by atoms with Gasteiger partial charge in [0.05, 0.1) is 15.9 Å². The summed E-state index contributed by atoms with van der Waals surface area (Å²) < 4.78 is 19.8. The molecule has 2 rings (SSSR count). The first-order chi connectivity index (χ1) is 9.01. The predicted octanol–water partition coefficient (Wildman–Crippen LogP) is 4.45. The molecular weight excluding hydrogens is 449 g/mol. The average Bonchev–Trinajstić information content (AvgIpc) is 2.33. The van der Waals surface area contributed by atoms with Gasteiger partial charge in [-0.3, -0.25) is 0 Å². The van der Waals surface area contributed by atoms with Crippen molar-refractivity contribution in [2.75, 3.05) is 7.11 Å². The van der Waals surface area contributed by atoms with Gasteiger partial charge in [0.2, 0.25) is 0 Å². The molecule has 2 aromatic rings. The first kappa shape index (κ1) is 15.1. The van der Waals surface area contributed by atoms with E-state index in [4.69, 9.17) is 16.3 Å². The summed E-state index contributed by atoms with van der Waals surface area (Å²) >= 11 is 11.4. The van der Waals surface area contributed by atoms with Crippen molar-refractivity contribution in [1.29, 1.82) is 0 Å². The summed E-state index contributed by atoms with van der Waals surface area (Å²) in [6, 6.07) is 4.46. The van der Waals surface area contributed by atoms with Crippen LogP contribution >= 0.6 is 50.1 Å². The fraction of sp³-hybridized carbons (Fsp3) is 0.167. The molecule has 1 aromatic heterocycles. The van der Waals surface area contributed by atoms with Crippen LogP contribution in [0, 0.1) is 9.39 Å². The van der Waals surface area contributed by atoms with Crippen molar-refractivity contribution in [3.63, 3.8) is 0 Å². The second-order valence-corrected chi connectivity index (χ2v) is 6.04. The Morgan fingerprint density at radius 1 is 1.37 bits per heavy atom. The van der Waals surface area contributed by atoms with Gasteiger partial charge < -0.3 is 4.74 Å². The zero-order valence-electron chi connectivity index (χ0n) is 9.75. The quantitative estimate of drug-likeness (QED) is 0.505. The summed E-state index contributed by atoms with van der Waals surface area (Å²) in [5, 5.41) is 0.332. The molecule has 0 spiro atoms. The Morgan fingerprint density at radius 2 is 2.11 bits per heavy atom. The minimum atomic E-state index is -0.365. The molecule has 0 atom stereocenters. The maximum Gasteiger partial charge on any atom is 0.161 e. The lowest BCUT2D eigenvalue weighted by atomic mass is 10.2. The van der Waals surface area contributed by atoms with Gasteiger partial charge in [-0.2, -0.15) is 0 Å². The van der Waals surface area contributed by atoms with E-state index in [1.54, 1.807) is 13.2 Å². The van der Waals surface area contributed by atoms with Crippen LogP contribution in [0.25, 0.3) is 11.4 Å². The second-order valence-electron chi connectivity index (χ2n) is 3.69. The fourth-order valence-corrected chi connectivity index (χ4v) is 2.56. The van der Waals surface area contributed by atoms with Crippen LogP contribution in [0.3, 0.4) is 0 Å². The molecule has 0 saturated heterocycles. The molecule has 0 bridgehead atoms. The molecular formula is C12H8BrClFIN2O. The van der Waals surface area contributed by atoms with Crippen molar-refractivity contribution in [2.24, 2.45) is 0 Å². The third-order valence-corrected chi connectivity index (χ3v) is 4.46. The topological polar surface area (TPSA) is 35.0 Å². The van der Waals surface area contributed by atoms with Gasteiger partial charge in [-0.1, -0.05) is 27.5 Å². The molecule has 1 heterocycles. The number of ether oxygens (including phenoxy) is 1. The lowest BCUT2D eigenvalue weighted by Gasteiger charge is -2.08. The average molecular weight is 457 g/mol. The summed E-state index contributed by atoms with van der Waals surface area (Å²) in [5.74, 6) is 0.00797. The maximum absolute atomic E-state index is 13.4. The summed E-state index contributed by atoms with van der Waals surface area (Å²) in [7, 11) is 1.57. The molecule has 1 aromatic carbocycles. The van der Waals surface area contributed by atoms with Crippen LogP contribution in [-0.4, -0.2) is 17.1 Å². The Labute approximate surface area is 136 Å². The molecule has 0 fully saturated rings. The van der Waals surface area contributed by atoms with Crippen LogP contribution in [0.15, 0.2) is 22.7 Å². The number of hydrogen-bond acceptors (Lipinski definition) is 3. The molecule has 0 unspecified atom stereocenters. The van der Waals surface area contributed by atoms with Gasteiger partial charge in [-0.05, 0) is 40.8 Å². The van der Waals surface area contributed by atoms with Crippen molar-refractivity contribution in [3.05, 3.63) is 42.9 Å². The number of nitrogens with zero attached hydrogens (tertiary/aromatic N) is 2. The molecule has 0 amide bonds. The number of methoxy groups -OCH3 is 1. The molecule has 0 N–H and O–H groups in total. The van der Waals surface area contributed by atoms with Gasteiger partial charge in [0, 0.05) is 17.1 Å². The Kier molecular flexibility index (Phi) is 5.10. The summed E-state index contributed by atoms with van der Waals surface area (Å²) in [4.78, 5) is 8.53. The van der Waals surface area contributed by atoms with Gasteiger partial charge in [0.1, 0.15) is 11.0 Å². The van der Waals surface area contributed by atoms with E-state index in [9.17, 15) is 4.39 Å². The molecule has 100 valence electrons. The smallest absolute Gasteiger partial charge is 0.161 e. The van der Waals surface area contributed by atoms with Crippen molar-refractivity contribution >= 4 is 50.1 Å². The van der Waals surface area contributed by atoms with Gasteiger partial charge >= 0.3 is 0 Å². The van der Waals surface area contributed by atoms with Crippen molar-refractivity contribution < 1.29 is 9.13 Å². The molecule has 0 aliphatic heterocycles. The monoisotopic (exact) mass is 456 g/mol. The standard InChI is InChI=1S/C12H8BrClFIN2O/c1-19-5-9-10(16)11(14)18-12(17-9)6-2-7(13)4-8(15)3-6/h2-4H,5H2,1H3. The van der Waals surface area contributed by atoms with Crippen molar-refractivity contribution in [1.82, 2.24) is 9.97 Å². The summed E-state index contributed by atoms with van der Waals surface area (Å²) in [6.07, 6.45) is 0. The lowest BCUT2D eigenvalue weighted by Crippen LogP contribution is -2.02. The van der Waals surface area contributed by atoms with E-state index in [1.165, 1.54) is 12.1 Å². The maximum atomic E-state index is 13.4.